The highest BCUT2D eigenvalue weighted by molar-refractivity contribution is 7.92. The fourth-order valence-corrected chi connectivity index (χ4v) is 3.82. The predicted octanol–water partition coefficient (Wildman–Crippen LogP) is 2.51. The third-order valence-corrected chi connectivity index (χ3v) is 5.58. The number of nitro groups is 1. The smallest absolute Gasteiger partial charge is 0.271 e. The largest absolute Gasteiger partial charge is 0.497 e. The van der Waals surface area contributed by atoms with Crippen LogP contribution < -0.4 is 14.4 Å². The molecule has 0 saturated heterocycles. The quantitative estimate of drug-likeness (QED) is 0.428. The Morgan fingerprint density at radius 2 is 1.90 bits per heavy atom. The molecule has 0 bridgehead atoms. The molecule has 0 radical (unpaired) electrons. The topological polar surface area (TPSA) is 119 Å². The summed E-state index contributed by atoms with van der Waals surface area (Å²) in [7, 11) is -2.05. The maximum atomic E-state index is 12.1. The lowest BCUT2D eigenvalue weighted by Crippen LogP contribution is -2.32. The third-order valence-electron chi connectivity index (χ3n) is 4.39. The summed E-state index contributed by atoms with van der Waals surface area (Å²) in [5, 5.41) is 13.8. The normalized spacial score (nSPS) is 11.0. The van der Waals surface area contributed by atoms with Crippen molar-refractivity contribution < 1.29 is 22.9 Å². The van der Waals surface area contributed by atoms with Gasteiger partial charge in [0.15, 0.2) is 0 Å². The van der Waals surface area contributed by atoms with E-state index in [1.165, 1.54) is 24.3 Å². The molecule has 0 aliphatic carbocycles. The highest BCUT2D eigenvalue weighted by atomic mass is 32.2. The molecule has 0 atom stereocenters. The van der Waals surface area contributed by atoms with E-state index in [-0.39, 0.29) is 36.7 Å². The number of benzene rings is 2. The molecular formula is C20H25N3O6S. The van der Waals surface area contributed by atoms with Crippen LogP contribution in [0.25, 0.3) is 0 Å². The average molecular weight is 436 g/mol. The second kappa shape index (κ2) is 10.6. The van der Waals surface area contributed by atoms with E-state index in [4.69, 9.17) is 4.74 Å². The molecule has 0 fully saturated rings. The summed E-state index contributed by atoms with van der Waals surface area (Å²) in [5.74, 6) is 0.581. The molecule has 2 rings (SSSR count). The van der Waals surface area contributed by atoms with Crippen LogP contribution in [-0.2, 0) is 21.2 Å². The van der Waals surface area contributed by atoms with Crippen LogP contribution in [0.3, 0.4) is 0 Å². The number of hydrogen-bond acceptors (Lipinski definition) is 6. The van der Waals surface area contributed by atoms with Gasteiger partial charge in [0.25, 0.3) is 5.69 Å². The van der Waals surface area contributed by atoms with E-state index in [1.807, 2.05) is 24.3 Å². The molecule has 2 aromatic carbocycles. The fourth-order valence-electron chi connectivity index (χ4n) is 2.86. The van der Waals surface area contributed by atoms with Gasteiger partial charge in [-0.2, -0.15) is 0 Å². The van der Waals surface area contributed by atoms with E-state index >= 15 is 0 Å². The van der Waals surface area contributed by atoms with Crippen LogP contribution in [0, 0.1) is 10.1 Å². The molecule has 9 nitrogen and oxygen atoms in total. The minimum absolute atomic E-state index is 0.0475. The highest BCUT2D eigenvalue weighted by Gasteiger charge is 2.19. The van der Waals surface area contributed by atoms with Crippen LogP contribution in [0.2, 0.25) is 0 Å². The molecule has 0 unspecified atom stereocenters. The molecule has 0 aromatic heterocycles. The zero-order chi connectivity index (χ0) is 22.1. The van der Waals surface area contributed by atoms with Crippen LogP contribution in [0.1, 0.15) is 18.4 Å². The van der Waals surface area contributed by atoms with Crippen LogP contribution in [0.5, 0.6) is 5.75 Å². The maximum absolute atomic E-state index is 12.1. The number of rotatable bonds is 11. The Hall–Kier alpha value is -3.14. The molecule has 1 amide bonds. The predicted molar refractivity (Wildman–Crippen MR) is 114 cm³/mol. The summed E-state index contributed by atoms with van der Waals surface area (Å²) >= 11 is 0. The number of methoxy groups -OCH3 is 1. The molecular weight excluding hydrogens is 410 g/mol. The first kappa shape index (κ1) is 23.1. The van der Waals surface area contributed by atoms with E-state index < -0.39 is 14.9 Å². The number of nitrogens with one attached hydrogen (secondary N) is 1. The minimum atomic E-state index is -3.65. The van der Waals surface area contributed by atoms with Gasteiger partial charge in [-0.1, -0.05) is 18.2 Å². The standard InChI is InChI=1S/C20H25N3O6S/c1-29-19-10-8-16(9-11-19)12-13-21-20(24)7-4-14-22(30(2,27)28)17-5-3-6-18(15-17)23(25)26/h3,5-6,8-11,15H,4,7,12-14H2,1-2H3,(H,21,24). The number of amides is 1. The Labute approximate surface area is 175 Å². The number of sulfonamides is 1. The summed E-state index contributed by atoms with van der Waals surface area (Å²) in [6.07, 6.45) is 2.12. The van der Waals surface area contributed by atoms with Gasteiger partial charge in [0.05, 0.1) is 24.0 Å². The SMILES string of the molecule is COc1ccc(CCNC(=O)CCCN(c2cccc([N+](=O)[O-])c2)S(C)(=O)=O)cc1. The van der Waals surface area contributed by atoms with Crippen LogP contribution >= 0.6 is 0 Å². The average Bonchev–Trinajstić information content (AvgIpc) is 2.71. The van der Waals surface area contributed by atoms with Crippen molar-refractivity contribution >= 4 is 27.3 Å². The molecule has 162 valence electrons. The van der Waals surface area contributed by atoms with Crippen LogP contribution in [0.4, 0.5) is 11.4 Å². The number of ether oxygens (including phenoxy) is 1. The Bertz CT molecular complexity index is 976. The van der Waals surface area contributed by atoms with Gasteiger partial charge in [0, 0.05) is 31.6 Å². The lowest BCUT2D eigenvalue weighted by atomic mass is 10.1. The van der Waals surface area contributed by atoms with Crippen LogP contribution in [-0.4, -0.2) is 45.7 Å². The first-order valence-corrected chi connectivity index (χ1v) is 11.2. The number of nitrogens with zero attached hydrogens (tertiary/aromatic N) is 2. The Balaban J connectivity index is 1.85. The van der Waals surface area contributed by atoms with Gasteiger partial charge in [0.2, 0.25) is 15.9 Å². The third kappa shape index (κ3) is 7.03. The Morgan fingerprint density at radius 1 is 1.20 bits per heavy atom. The fraction of sp³-hybridized carbons (Fsp3) is 0.350. The highest BCUT2D eigenvalue weighted by Crippen LogP contribution is 2.23. The van der Waals surface area contributed by atoms with Gasteiger partial charge in [-0.05, 0) is 36.6 Å². The molecule has 30 heavy (non-hydrogen) atoms. The first-order chi connectivity index (χ1) is 14.2. The molecule has 10 heteroatoms. The van der Waals surface area contributed by atoms with E-state index in [1.54, 1.807) is 7.11 Å². The molecule has 0 aliphatic rings. The Morgan fingerprint density at radius 3 is 2.50 bits per heavy atom. The van der Waals surface area contributed by atoms with Gasteiger partial charge in [-0.15, -0.1) is 0 Å². The Kier molecular flexibility index (Phi) is 8.16. The van der Waals surface area contributed by atoms with E-state index in [0.29, 0.717) is 13.0 Å². The number of carbonyl (C=O) groups is 1. The summed E-state index contributed by atoms with van der Waals surface area (Å²) in [6, 6.07) is 13.0. The molecule has 1 N–H and O–H groups in total. The zero-order valence-electron chi connectivity index (χ0n) is 16.9. The molecule has 2 aromatic rings. The number of nitro benzene ring substituents is 1. The lowest BCUT2D eigenvalue weighted by molar-refractivity contribution is -0.384. The minimum Gasteiger partial charge on any atom is -0.497 e. The zero-order valence-corrected chi connectivity index (χ0v) is 17.7. The number of hydrogen-bond donors (Lipinski definition) is 1. The van der Waals surface area contributed by atoms with E-state index in [0.717, 1.165) is 21.9 Å². The second-order valence-corrected chi connectivity index (χ2v) is 8.57. The number of carbonyl (C=O) groups excluding carboxylic acids is 1. The van der Waals surface area contributed by atoms with Crippen molar-refractivity contribution in [2.45, 2.75) is 19.3 Å². The van der Waals surface area contributed by atoms with E-state index in [9.17, 15) is 23.3 Å². The van der Waals surface area contributed by atoms with Gasteiger partial charge >= 0.3 is 0 Å². The summed E-state index contributed by atoms with van der Waals surface area (Å²) < 4.78 is 30.4. The van der Waals surface area contributed by atoms with Gasteiger partial charge < -0.3 is 10.1 Å². The number of non-ortho nitro benzene ring substituents is 1. The maximum Gasteiger partial charge on any atom is 0.271 e. The van der Waals surface area contributed by atoms with E-state index in [2.05, 4.69) is 5.32 Å². The van der Waals surface area contributed by atoms with Crippen molar-refractivity contribution in [2.24, 2.45) is 0 Å². The summed E-state index contributed by atoms with van der Waals surface area (Å²) in [5.41, 5.74) is 1.06. The first-order valence-electron chi connectivity index (χ1n) is 9.32. The molecule has 0 aliphatic heterocycles. The molecule has 0 saturated carbocycles. The molecule has 0 spiro atoms. The number of anilines is 1. The van der Waals surface area contributed by atoms with Crippen molar-refractivity contribution in [3.05, 3.63) is 64.2 Å². The van der Waals surface area contributed by atoms with Gasteiger partial charge in [-0.3, -0.25) is 19.2 Å². The second-order valence-electron chi connectivity index (χ2n) is 6.66. The molecule has 0 heterocycles. The van der Waals surface area contributed by atoms with Gasteiger partial charge in [-0.25, -0.2) is 8.42 Å². The lowest BCUT2D eigenvalue weighted by Gasteiger charge is -2.22. The summed E-state index contributed by atoms with van der Waals surface area (Å²) in [4.78, 5) is 22.4. The van der Waals surface area contributed by atoms with Gasteiger partial charge in [0.1, 0.15) is 5.75 Å². The van der Waals surface area contributed by atoms with Crippen molar-refractivity contribution in [1.82, 2.24) is 5.32 Å². The van der Waals surface area contributed by atoms with Crippen molar-refractivity contribution in [3.8, 4) is 5.75 Å². The van der Waals surface area contributed by atoms with Crippen molar-refractivity contribution in [1.29, 1.82) is 0 Å². The van der Waals surface area contributed by atoms with Crippen LogP contribution in [0.15, 0.2) is 48.5 Å². The summed E-state index contributed by atoms with van der Waals surface area (Å²) in [6.45, 7) is 0.512. The monoisotopic (exact) mass is 435 g/mol. The van der Waals surface area contributed by atoms with Crippen molar-refractivity contribution in [3.63, 3.8) is 0 Å². The van der Waals surface area contributed by atoms with Crippen molar-refractivity contribution in [2.75, 3.05) is 30.8 Å².